The lowest BCUT2D eigenvalue weighted by Gasteiger charge is -1.89. The molecule has 56 valence electrons. The summed E-state index contributed by atoms with van der Waals surface area (Å²) in [6.07, 6.45) is 1.36. The first-order valence-electron chi connectivity index (χ1n) is 3.07. The minimum absolute atomic E-state index is 0.154. The van der Waals surface area contributed by atoms with Crippen molar-refractivity contribution in [1.29, 1.82) is 0 Å². The van der Waals surface area contributed by atoms with Gasteiger partial charge in [0.2, 0.25) is 0 Å². The SMILES string of the molecule is Oc1ccc(C#CCS)nc1. The van der Waals surface area contributed by atoms with Crippen molar-refractivity contribution in [3.05, 3.63) is 24.0 Å². The Morgan fingerprint density at radius 3 is 2.91 bits per heavy atom. The molecule has 1 aromatic heterocycles. The molecule has 11 heavy (non-hydrogen) atoms. The minimum Gasteiger partial charge on any atom is -0.506 e. The van der Waals surface area contributed by atoms with Crippen LogP contribution in [-0.4, -0.2) is 15.8 Å². The van der Waals surface area contributed by atoms with Crippen LogP contribution in [0.15, 0.2) is 18.3 Å². The molecule has 0 saturated heterocycles. The number of hydrogen-bond acceptors (Lipinski definition) is 3. The summed E-state index contributed by atoms with van der Waals surface area (Å²) in [5, 5.41) is 8.86. The first-order valence-corrected chi connectivity index (χ1v) is 3.71. The first kappa shape index (κ1) is 7.96. The molecule has 1 N–H and O–H groups in total. The van der Waals surface area contributed by atoms with E-state index in [1.54, 1.807) is 12.1 Å². The fourth-order valence-electron chi connectivity index (χ4n) is 0.590. The molecule has 0 spiro atoms. The molecule has 0 saturated carbocycles. The number of hydrogen-bond donors (Lipinski definition) is 2. The van der Waals surface area contributed by atoms with Gasteiger partial charge in [-0.25, -0.2) is 4.98 Å². The van der Waals surface area contributed by atoms with Gasteiger partial charge in [0.05, 0.1) is 11.9 Å². The summed E-state index contributed by atoms with van der Waals surface area (Å²) in [7, 11) is 0. The summed E-state index contributed by atoms with van der Waals surface area (Å²) in [5.74, 6) is 6.20. The number of nitrogens with zero attached hydrogens (tertiary/aromatic N) is 1. The maximum Gasteiger partial charge on any atom is 0.133 e. The van der Waals surface area contributed by atoms with Crippen molar-refractivity contribution in [1.82, 2.24) is 4.98 Å². The van der Waals surface area contributed by atoms with Gasteiger partial charge in [-0.3, -0.25) is 0 Å². The summed E-state index contributed by atoms with van der Waals surface area (Å²) < 4.78 is 0. The van der Waals surface area contributed by atoms with Crippen LogP contribution in [0.1, 0.15) is 5.69 Å². The van der Waals surface area contributed by atoms with Crippen molar-refractivity contribution in [2.75, 3.05) is 5.75 Å². The molecule has 0 aliphatic rings. The van der Waals surface area contributed by atoms with Gasteiger partial charge in [-0.15, -0.1) is 0 Å². The highest BCUT2D eigenvalue weighted by molar-refractivity contribution is 7.80. The largest absolute Gasteiger partial charge is 0.506 e. The Balaban J connectivity index is 2.82. The molecule has 0 fully saturated rings. The third-order valence-corrected chi connectivity index (χ3v) is 1.20. The van der Waals surface area contributed by atoms with Crippen LogP contribution in [0.3, 0.4) is 0 Å². The molecule has 1 rings (SSSR count). The highest BCUT2D eigenvalue weighted by Gasteiger charge is 1.87. The summed E-state index contributed by atoms with van der Waals surface area (Å²) in [6, 6.07) is 3.21. The maximum absolute atomic E-state index is 8.86. The molecular formula is C8H7NOS. The Morgan fingerprint density at radius 1 is 1.55 bits per heavy atom. The Kier molecular flexibility index (Phi) is 2.82. The third-order valence-electron chi connectivity index (χ3n) is 1.04. The zero-order chi connectivity index (χ0) is 8.10. The average molecular weight is 165 g/mol. The molecule has 0 unspecified atom stereocenters. The molecule has 0 radical (unpaired) electrons. The fourth-order valence-corrected chi connectivity index (χ4v) is 0.669. The summed E-state index contributed by atoms with van der Waals surface area (Å²) in [4.78, 5) is 3.86. The van der Waals surface area contributed by atoms with Crippen molar-refractivity contribution >= 4 is 12.6 Å². The van der Waals surface area contributed by atoms with Gasteiger partial charge in [0, 0.05) is 0 Å². The van der Waals surface area contributed by atoms with E-state index in [1.165, 1.54) is 6.20 Å². The number of aromatic hydroxyl groups is 1. The van der Waals surface area contributed by atoms with E-state index in [9.17, 15) is 0 Å². The minimum atomic E-state index is 0.154. The van der Waals surface area contributed by atoms with E-state index in [4.69, 9.17) is 5.11 Å². The summed E-state index contributed by atoms with van der Waals surface area (Å²) in [6.45, 7) is 0. The predicted octanol–water partition coefficient (Wildman–Crippen LogP) is 1.07. The van der Waals surface area contributed by atoms with Gasteiger partial charge in [-0.2, -0.15) is 12.6 Å². The lowest BCUT2D eigenvalue weighted by atomic mass is 10.3. The molecule has 0 atom stereocenters. The van der Waals surface area contributed by atoms with E-state index < -0.39 is 0 Å². The lowest BCUT2D eigenvalue weighted by molar-refractivity contribution is 0.472. The van der Waals surface area contributed by atoms with Crippen molar-refractivity contribution in [2.24, 2.45) is 0 Å². The van der Waals surface area contributed by atoms with Gasteiger partial charge in [0.25, 0.3) is 0 Å². The quantitative estimate of drug-likeness (QED) is 0.445. The van der Waals surface area contributed by atoms with E-state index in [-0.39, 0.29) is 5.75 Å². The van der Waals surface area contributed by atoms with Gasteiger partial charge in [0.1, 0.15) is 11.4 Å². The highest BCUT2D eigenvalue weighted by atomic mass is 32.1. The van der Waals surface area contributed by atoms with Crippen LogP contribution >= 0.6 is 12.6 Å². The van der Waals surface area contributed by atoms with E-state index in [0.29, 0.717) is 11.4 Å². The van der Waals surface area contributed by atoms with Gasteiger partial charge >= 0.3 is 0 Å². The summed E-state index contributed by atoms with van der Waals surface area (Å²) in [5.41, 5.74) is 0.650. The van der Waals surface area contributed by atoms with Gasteiger partial charge in [-0.05, 0) is 18.1 Å². The van der Waals surface area contributed by atoms with E-state index in [2.05, 4.69) is 29.5 Å². The van der Waals surface area contributed by atoms with Gasteiger partial charge in [0.15, 0.2) is 0 Å². The number of rotatable bonds is 0. The lowest BCUT2D eigenvalue weighted by Crippen LogP contribution is -1.79. The molecule has 2 nitrogen and oxygen atoms in total. The standard InChI is InChI=1S/C8H7NOS/c10-8-4-3-7(9-6-8)2-1-5-11/h3-4,6,10-11H,5H2. The third kappa shape index (κ3) is 2.52. The topological polar surface area (TPSA) is 33.1 Å². The second-order valence-corrected chi connectivity index (χ2v) is 2.18. The molecule has 0 amide bonds. The van der Waals surface area contributed by atoms with Crippen LogP contribution in [0.5, 0.6) is 5.75 Å². The maximum atomic E-state index is 8.86. The summed E-state index contributed by atoms with van der Waals surface area (Å²) >= 11 is 3.92. The second kappa shape index (κ2) is 3.89. The van der Waals surface area contributed by atoms with Crippen LogP contribution in [0.4, 0.5) is 0 Å². The van der Waals surface area contributed by atoms with Crippen LogP contribution in [-0.2, 0) is 0 Å². The van der Waals surface area contributed by atoms with Crippen molar-refractivity contribution in [3.8, 4) is 17.6 Å². The fraction of sp³-hybridized carbons (Fsp3) is 0.125. The van der Waals surface area contributed by atoms with Crippen molar-refractivity contribution in [2.45, 2.75) is 0 Å². The smallest absolute Gasteiger partial charge is 0.133 e. The zero-order valence-electron chi connectivity index (χ0n) is 5.78. The number of thiol groups is 1. The van der Waals surface area contributed by atoms with Gasteiger partial charge < -0.3 is 5.11 Å². The first-order chi connectivity index (χ1) is 5.33. The zero-order valence-corrected chi connectivity index (χ0v) is 6.68. The molecule has 0 aliphatic carbocycles. The Labute approximate surface area is 70.7 Å². The molecular weight excluding hydrogens is 158 g/mol. The molecule has 0 bridgehead atoms. The number of aromatic nitrogens is 1. The van der Waals surface area contributed by atoms with Crippen LogP contribution in [0.2, 0.25) is 0 Å². The normalized spacial score (nSPS) is 8.45. The van der Waals surface area contributed by atoms with Crippen LogP contribution in [0, 0.1) is 11.8 Å². The van der Waals surface area contributed by atoms with E-state index in [1.807, 2.05) is 0 Å². The van der Waals surface area contributed by atoms with Crippen LogP contribution < -0.4 is 0 Å². The Bertz CT molecular complexity index is 283. The van der Waals surface area contributed by atoms with E-state index >= 15 is 0 Å². The molecule has 0 aromatic carbocycles. The van der Waals surface area contributed by atoms with Crippen molar-refractivity contribution < 1.29 is 5.11 Å². The molecule has 3 heteroatoms. The Hall–Kier alpha value is -1.14. The van der Waals surface area contributed by atoms with Crippen molar-refractivity contribution in [3.63, 3.8) is 0 Å². The average Bonchev–Trinajstić information content (AvgIpc) is 2.04. The monoisotopic (exact) mass is 165 g/mol. The molecule has 1 heterocycles. The van der Waals surface area contributed by atoms with Gasteiger partial charge in [-0.1, -0.05) is 5.92 Å². The second-order valence-electron chi connectivity index (χ2n) is 1.86. The van der Waals surface area contributed by atoms with E-state index in [0.717, 1.165) is 0 Å². The number of pyridine rings is 1. The Morgan fingerprint density at radius 2 is 2.36 bits per heavy atom. The molecule has 1 aromatic rings. The highest BCUT2D eigenvalue weighted by Crippen LogP contribution is 2.04. The predicted molar refractivity (Wildman–Crippen MR) is 46.6 cm³/mol. The van der Waals surface area contributed by atoms with Crippen LogP contribution in [0.25, 0.3) is 0 Å². The molecule has 0 aliphatic heterocycles.